The zero-order valence-corrected chi connectivity index (χ0v) is 24.7. The van der Waals surface area contributed by atoms with E-state index in [2.05, 4.69) is 61.4 Å². The molecule has 0 aliphatic heterocycles. The second-order valence-electron chi connectivity index (χ2n) is 10.9. The molecule has 0 aliphatic rings. The highest BCUT2D eigenvalue weighted by Crippen LogP contribution is 2.32. The number of benzene rings is 2. The molecule has 1 amide bonds. The lowest BCUT2D eigenvalue weighted by Gasteiger charge is -2.19. The zero-order chi connectivity index (χ0) is 29.2. The van der Waals surface area contributed by atoms with E-state index in [-0.39, 0.29) is 13.2 Å². The lowest BCUT2D eigenvalue weighted by molar-refractivity contribution is -0.124. The number of aliphatic hydroxyl groups is 2. The fraction of sp³-hybridized carbons (Fsp3) is 0.516. The van der Waals surface area contributed by atoms with E-state index in [4.69, 9.17) is 19.4 Å². The SMILES string of the molecule is CCCc1cc(CN(C)CC(C)C)cc(-c2nc(-c3cc(C)c(OC[C@@H](O)CNC(=O)CO)c(CC)c3)no2)c1. The first-order valence-electron chi connectivity index (χ1n) is 14.1. The average molecular weight is 553 g/mol. The number of aliphatic hydroxyl groups excluding tert-OH is 2. The van der Waals surface area contributed by atoms with Gasteiger partial charge in [-0.25, -0.2) is 0 Å². The molecule has 3 aromatic rings. The van der Waals surface area contributed by atoms with Gasteiger partial charge in [0.15, 0.2) is 0 Å². The van der Waals surface area contributed by atoms with Crippen LogP contribution in [0.1, 0.15) is 56.4 Å². The molecule has 3 rings (SSSR count). The van der Waals surface area contributed by atoms with Crippen molar-refractivity contribution in [1.29, 1.82) is 0 Å². The van der Waals surface area contributed by atoms with Gasteiger partial charge in [-0.3, -0.25) is 4.79 Å². The van der Waals surface area contributed by atoms with Crippen LogP contribution in [0.15, 0.2) is 34.9 Å². The quantitative estimate of drug-likeness (QED) is 0.257. The number of aryl methyl sites for hydroxylation is 3. The van der Waals surface area contributed by atoms with Gasteiger partial charge in [-0.05, 0) is 79.3 Å². The third-order valence-corrected chi connectivity index (χ3v) is 6.48. The Hall–Kier alpha value is -3.27. The Morgan fingerprint density at radius 2 is 1.88 bits per heavy atom. The summed E-state index contributed by atoms with van der Waals surface area (Å²) in [6.45, 7) is 11.9. The Labute approximate surface area is 237 Å². The van der Waals surface area contributed by atoms with Crippen molar-refractivity contribution in [2.24, 2.45) is 5.92 Å². The monoisotopic (exact) mass is 552 g/mol. The van der Waals surface area contributed by atoms with Gasteiger partial charge in [-0.1, -0.05) is 45.3 Å². The van der Waals surface area contributed by atoms with E-state index in [9.17, 15) is 9.90 Å². The van der Waals surface area contributed by atoms with Crippen LogP contribution >= 0.6 is 0 Å². The Balaban J connectivity index is 1.81. The van der Waals surface area contributed by atoms with Crippen molar-refractivity contribution in [2.75, 3.05) is 33.4 Å². The Morgan fingerprint density at radius 3 is 2.55 bits per heavy atom. The number of ether oxygens (including phenoxy) is 1. The Kier molecular flexibility index (Phi) is 11.7. The molecular formula is C31H44N4O5. The number of rotatable bonds is 15. The highest BCUT2D eigenvalue weighted by Gasteiger charge is 2.17. The van der Waals surface area contributed by atoms with Crippen molar-refractivity contribution in [3.63, 3.8) is 0 Å². The number of hydrogen-bond acceptors (Lipinski definition) is 8. The number of hydrogen-bond donors (Lipinski definition) is 3. The molecule has 0 spiro atoms. The van der Waals surface area contributed by atoms with E-state index in [1.165, 1.54) is 11.1 Å². The van der Waals surface area contributed by atoms with Crippen LogP contribution in [-0.2, 0) is 24.2 Å². The third-order valence-electron chi connectivity index (χ3n) is 6.48. The van der Waals surface area contributed by atoms with Gasteiger partial charge in [0.2, 0.25) is 11.7 Å². The molecule has 40 heavy (non-hydrogen) atoms. The van der Waals surface area contributed by atoms with Gasteiger partial charge in [0.25, 0.3) is 5.89 Å². The van der Waals surface area contributed by atoms with E-state index >= 15 is 0 Å². The van der Waals surface area contributed by atoms with E-state index in [0.29, 0.717) is 29.8 Å². The summed E-state index contributed by atoms with van der Waals surface area (Å²) < 4.78 is 11.7. The minimum atomic E-state index is -0.905. The lowest BCUT2D eigenvalue weighted by Crippen LogP contribution is -2.36. The summed E-state index contributed by atoms with van der Waals surface area (Å²) in [7, 11) is 2.15. The van der Waals surface area contributed by atoms with Crippen LogP contribution in [0.2, 0.25) is 0 Å². The van der Waals surface area contributed by atoms with Crippen molar-refractivity contribution < 1.29 is 24.3 Å². The molecular weight excluding hydrogens is 508 g/mol. The maximum atomic E-state index is 11.2. The lowest BCUT2D eigenvalue weighted by atomic mass is 10.0. The van der Waals surface area contributed by atoms with Crippen LogP contribution in [0.4, 0.5) is 0 Å². The predicted molar refractivity (Wildman–Crippen MR) is 156 cm³/mol. The van der Waals surface area contributed by atoms with E-state index in [1.54, 1.807) is 0 Å². The van der Waals surface area contributed by atoms with Gasteiger partial charge in [0, 0.05) is 30.8 Å². The molecule has 1 aromatic heterocycles. The number of amides is 1. The molecule has 0 unspecified atom stereocenters. The molecule has 1 heterocycles. The van der Waals surface area contributed by atoms with E-state index < -0.39 is 18.6 Å². The largest absolute Gasteiger partial charge is 0.490 e. The van der Waals surface area contributed by atoms with E-state index in [0.717, 1.165) is 48.2 Å². The van der Waals surface area contributed by atoms with Crippen LogP contribution in [-0.4, -0.2) is 70.6 Å². The van der Waals surface area contributed by atoms with Crippen molar-refractivity contribution in [1.82, 2.24) is 20.4 Å². The summed E-state index contributed by atoms with van der Waals surface area (Å²) in [6, 6.07) is 10.5. The highest BCUT2D eigenvalue weighted by atomic mass is 16.5. The number of nitrogens with zero attached hydrogens (tertiary/aromatic N) is 3. The van der Waals surface area contributed by atoms with Gasteiger partial charge >= 0.3 is 0 Å². The van der Waals surface area contributed by atoms with Crippen molar-refractivity contribution >= 4 is 5.91 Å². The van der Waals surface area contributed by atoms with Gasteiger partial charge in [0.05, 0.1) is 0 Å². The highest BCUT2D eigenvalue weighted by molar-refractivity contribution is 5.76. The molecule has 1 atom stereocenters. The Bertz CT molecular complexity index is 1260. The molecule has 0 saturated heterocycles. The summed E-state index contributed by atoms with van der Waals surface area (Å²) in [6.07, 6.45) is 1.84. The fourth-order valence-corrected chi connectivity index (χ4v) is 4.84. The topological polar surface area (TPSA) is 121 Å². The second kappa shape index (κ2) is 14.9. The van der Waals surface area contributed by atoms with Crippen molar-refractivity contribution in [3.8, 4) is 28.6 Å². The molecule has 9 heteroatoms. The molecule has 2 aromatic carbocycles. The van der Waals surface area contributed by atoms with Crippen molar-refractivity contribution in [3.05, 3.63) is 52.6 Å². The van der Waals surface area contributed by atoms with Crippen LogP contribution < -0.4 is 10.1 Å². The maximum absolute atomic E-state index is 11.2. The van der Waals surface area contributed by atoms with Crippen LogP contribution in [0.5, 0.6) is 5.75 Å². The van der Waals surface area contributed by atoms with Crippen LogP contribution in [0, 0.1) is 12.8 Å². The summed E-state index contributed by atoms with van der Waals surface area (Å²) >= 11 is 0. The first kappa shape index (κ1) is 31.3. The summed E-state index contributed by atoms with van der Waals surface area (Å²) in [5.74, 6) is 1.74. The third kappa shape index (κ3) is 8.87. The summed E-state index contributed by atoms with van der Waals surface area (Å²) in [5, 5.41) is 25.7. The number of carbonyl (C=O) groups is 1. The second-order valence-corrected chi connectivity index (χ2v) is 10.9. The van der Waals surface area contributed by atoms with Crippen LogP contribution in [0.25, 0.3) is 22.8 Å². The molecule has 218 valence electrons. The molecule has 0 fully saturated rings. The predicted octanol–water partition coefficient (Wildman–Crippen LogP) is 4.16. The van der Waals surface area contributed by atoms with E-state index in [1.807, 2.05) is 26.0 Å². The number of aromatic nitrogens is 2. The minimum Gasteiger partial charge on any atom is -0.490 e. The molecule has 0 saturated carbocycles. The first-order valence-corrected chi connectivity index (χ1v) is 14.1. The fourth-order valence-electron chi connectivity index (χ4n) is 4.84. The molecule has 9 nitrogen and oxygen atoms in total. The zero-order valence-electron chi connectivity index (χ0n) is 24.7. The minimum absolute atomic E-state index is 0.00119. The maximum Gasteiger partial charge on any atom is 0.258 e. The average Bonchev–Trinajstić information content (AvgIpc) is 3.40. The standard InChI is InChI=1S/C31H44N4O5/c1-7-9-22-11-23(17-35(6)16-20(3)4)13-26(12-22)31-33-30(34-40-31)25-10-21(5)29(24(8-2)14-25)39-19-27(37)15-32-28(38)18-36/h10-14,20,27,36-37H,7-9,15-19H2,1-6H3,(H,32,38)/t27-/m0/s1. The smallest absolute Gasteiger partial charge is 0.258 e. The molecule has 0 radical (unpaired) electrons. The van der Waals surface area contributed by atoms with Crippen LogP contribution in [0.3, 0.4) is 0 Å². The van der Waals surface area contributed by atoms with Gasteiger partial charge in [-0.2, -0.15) is 4.98 Å². The normalized spacial score (nSPS) is 12.2. The van der Waals surface area contributed by atoms with Gasteiger partial charge in [0.1, 0.15) is 25.1 Å². The number of nitrogens with one attached hydrogen (secondary N) is 1. The number of carbonyl (C=O) groups excluding carboxylic acids is 1. The summed E-state index contributed by atoms with van der Waals surface area (Å²) in [4.78, 5) is 18.3. The summed E-state index contributed by atoms with van der Waals surface area (Å²) in [5.41, 5.74) is 6.08. The van der Waals surface area contributed by atoms with Gasteiger partial charge < -0.3 is 29.7 Å². The molecule has 3 N–H and O–H groups in total. The van der Waals surface area contributed by atoms with Gasteiger partial charge in [-0.15, -0.1) is 0 Å². The first-order chi connectivity index (χ1) is 19.1. The molecule has 0 bridgehead atoms. The van der Waals surface area contributed by atoms with Crippen molar-refractivity contribution in [2.45, 2.75) is 66.5 Å². The Morgan fingerprint density at radius 1 is 1.12 bits per heavy atom. The molecule has 0 aliphatic carbocycles.